The van der Waals surface area contributed by atoms with Gasteiger partial charge in [0.05, 0.1) is 18.4 Å². The average Bonchev–Trinajstić information content (AvgIpc) is 2.81. The molecule has 0 saturated heterocycles. The maximum absolute atomic E-state index is 13.6. The molecule has 1 amide bonds. The smallest absolute Gasteiger partial charge is 0.416 e. The van der Waals surface area contributed by atoms with Crippen LogP contribution in [0.4, 0.5) is 18.9 Å². The van der Waals surface area contributed by atoms with E-state index < -0.39 is 34.2 Å². The molecule has 0 unspecified atom stereocenters. The minimum atomic E-state index is -4.70. The number of nitrogens with one attached hydrogen (secondary N) is 1. The molecule has 0 radical (unpaired) electrons. The van der Waals surface area contributed by atoms with E-state index in [0.29, 0.717) is 15.9 Å². The topological polar surface area (TPSA) is 88.6 Å². The van der Waals surface area contributed by atoms with Crippen molar-refractivity contribution in [1.82, 2.24) is 10.3 Å². The Balaban J connectivity index is 2.02. The lowest BCUT2D eigenvalue weighted by Gasteiger charge is -2.26. The first kappa shape index (κ1) is 25.0. The van der Waals surface area contributed by atoms with E-state index in [0.717, 1.165) is 17.7 Å². The third-order valence-electron chi connectivity index (χ3n) is 4.87. The molecule has 34 heavy (non-hydrogen) atoms. The van der Waals surface area contributed by atoms with Crippen molar-refractivity contribution >= 4 is 21.6 Å². The number of halogens is 3. The number of nitrogens with zero attached hydrogens (tertiary/aromatic N) is 2. The first-order valence-corrected chi connectivity index (χ1v) is 11.5. The molecule has 7 nitrogen and oxygen atoms in total. The Morgan fingerprint density at radius 1 is 1.09 bits per heavy atom. The number of sulfonamides is 1. The zero-order valence-electron chi connectivity index (χ0n) is 18.3. The van der Waals surface area contributed by atoms with Crippen LogP contribution in [0.5, 0.6) is 5.75 Å². The first-order chi connectivity index (χ1) is 16.0. The molecule has 0 aliphatic rings. The number of carbonyl (C=O) groups excluding carboxylic acids is 1. The summed E-state index contributed by atoms with van der Waals surface area (Å²) in [5, 5.41) is 2.58. The monoisotopic (exact) mass is 493 g/mol. The Bertz CT molecular complexity index is 1270. The number of hydrogen-bond acceptors (Lipinski definition) is 5. The van der Waals surface area contributed by atoms with Crippen LogP contribution in [0.25, 0.3) is 0 Å². The number of benzene rings is 2. The number of aryl methyl sites for hydroxylation is 1. The normalized spacial score (nSPS) is 11.7. The molecule has 0 atom stereocenters. The Hall–Kier alpha value is -3.60. The Morgan fingerprint density at radius 2 is 1.79 bits per heavy atom. The average molecular weight is 494 g/mol. The van der Waals surface area contributed by atoms with Gasteiger partial charge < -0.3 is 10.1 Å². The molecule has 0 saturated carbocycles. The Morgan fingerprint density at radius 3 is 2.44 bits per heavy atom. The SMILES string of the molecule is COc1ccc(C)cc1S(=O)(=O)N(CC(=O)NCc1ccncc1)c1cccc(C(F)(F)F)c1. The van der Waals surface area contributed by atoms with Crippen molar-refractivity contribution in [2.24, 2.45) is 0 Å². The van der Waals surface area contributed by atoms with Gasteiger partial charge >= 0.3 is 6.18 Å². The quantitative estimate of drug-likeness (QED) is 0.514. The van der Waals surface area contributed by atoms with Crippen LogP contribution in [0.3, 0.4) is 0 Å². The molecule has 0 aliphatic carbocycles. The van der Waals surface area contributed by atoms with Gasteiger partial charge in [0.1, 0.15) is 17.2 Å². The number of pyridine rings is 1. The summed E-state index contributed by atoms with van der Waals surface area (Å²) in [6.45, 7) is 1.01. The van der Waals surface area contributed by atoms with E-state index in [9.17, 15) is 26.4 Å². The van der Waals surface area contributed by atoms with E-state index in [4.69, 9.17) is 4.74 Å². The summed E-state index contributed by atoms with van der Waals surface area (Å²) in [4.78, 5) is 16.3. The summed E-state index contributed by atoms with van der Waals surface area (Å²) in [7, 11) is -3.21. The van der Waals surface area contributed by atoms with Crippen molar-refractivity contribution < 1.29 is 31.1 Å². The van der Waals surface area contributed by atoms with Gasteiger partial charge in [-0.2, -0.15) is 13.2 Å². The van der Waals surface area contributed by atoms with Crippen molar-refractivity contribution in [2.75, 3.05) is 18.0 Å². The van der Waals surface area contributed by atoms with Crippen molar-refractivity contribution in [3.05, 3.63) is 83.7 Å². The number of rotatable bonds is 8. The standard InChI is InChI=1S/C23H22F3N3O4S/c1-16-6-7-20(33-2)21(12-16)34(31,32)29(19-5-3-4-18(13-19)23(24,25)26)15-22(30)28-14-17-8-10-27-11-9-17/h3-13H,14-15H2,1-2H3,(H,28,30). The van der Waals surface area contributed by atoms with E-state index >= 15 is 0 Å². The fraction of sp³-hybridized carbons (Fsp3) is 0.217. The van der Waals surface area contributed by atoms with Gasteiger partial charge in [-0.25, -0.2) is 8.42 Å². The van der Waals surface area contributed by atoms with Crippen LogP contribution in [0.15, 0.2) is 71.9 Å². The predicted octanol–water partition coefficient (Wildman–Crippen LogP) is 3.93. The number of anilines is 1. The lowest BCUT2D eigenvalue weighted by molar-refractivity contribution is -0.137. The van der Waals surface area contributed by atoms with Gasteiger partial charge in [0.25, 0.3) is 10.0 Å². The van der Waals surface area contributed by atoms with Crippen LogP contribution in [-0.4, -0.2) is 33.0 Å². The van der Waals surface area contributed by atoms with Gasteiger partial charge in [0.2, 0.25) is 5.91 Å². The summed E-state index contributed by atoms with van der Waals surface area (Å²) in [6, 6.07) is 11.5. The van der Waals surface area contributed by atoms with E-state index in [1.807, 2.05) is 0 Å². The molecular formula is C23H22F3N3O4S. The van der Waals surface area contributed by atoms with E-state index in [1.165, 1.54) is 37.7 Å². The largest absolute Gasteiger partial charge is 0.495 e. The molecular weight excluding hydrogens is 471 g/mol. The molecule has 0 spiro atoms. The fourth-order valence-corrected chi connectivity index (χ4v) is 4.80. The first-order valence-electron chi connectivity index (χ1n) is 10.0. The predicted molar refractivity (Wildman–Crippen MR) is 120 cm³/mol. The highest BCUT2D eigenvalue weighted by Gasteiger charge is 2.34. The highest BCUT2D eigenvalue weighted by atomic mass is 32.2. The number of amides is 1. The van der Waals surface area contributed by atoms with Gasteiger partial charge in [-0.15, -0.1) is 0 Å². The molecule has 0 aliphatic heterocycles. The zero-order valence-corrected chi connectivity index (χ0v) is 19.2. The summed E-state index contributed by atoms with van der Waals surface area (Å²) >= 11 is 0. The molecule has 0 fully saturated rings. The van der Waals surface area contributed by atoms with Gasteiger partial charge in [0.15, 0.2) is 0 Å². The molecule has 1 aromatic heterocycles. The second kappa shape index (κ2) is 10.1. The highest BCUT2D eigenvalue weighted by molar-refractivity contribution is 7.93. The van der Waals surface area contributed by atoms with Crippen LogP contribution >= 0.6 is 0 Å². The minimum Gasteiger partial charge on any atom is -0.495 e. The number of methoxy groups -OCH3 is 1. The molecule has 1 N–H and O–H groups in total. The van der Waals surface area contributed by atoms with Crippen LogP contribution < -0.4 is 14.4 Å². The molecule has 11 heteroatoms. The molecule has 180 valence electrons. The summed E-state index contributed by atoms with van der Waals surface area (Å²) < 4.78 is 73.0. The molecule has 3 aromatic rings. The second-order valence-electron chi connectivity index (χ2n) is 7.35. The van der Waals surface area contributed by atoms with Crippen molar-refractivity contribution in [1.29, 1.82) is 0 Å². The summed E-state index contributed by atoms with van der Waals surface area (Å²) in [5.74, 6) is -0.704. The maximum Gasteiger partial charge on any atom is 0.416 e. The molecule has 2 aromatic carbocycles. The lowest BCUT2D eigenvalue weighted by Crippen LogP contribution is -2.41. The van der Waals surface area contributed by atoms with Crippen molar-refractivity contribution in [2.45, 2.75) is 24.5 Å². The summed E-state index contributed by atoms with van der Waals surface area (Å²) in [6.07, 6.45) is -1.63. The Labute approximate surface area is 195 Å². The number of ether oxygens (including phenoxy) is 1. The van der Waals surface area contributed by atoms with Crippen LogP contribution in [0, 0.1) is 6.92 Å². The van der Waals surface area contributed by atoms with Crippen LogP contribution in [-0.2, 0) is 27.5 Å². The van der Waals surface area contributed by atoms with Crippen LogP contribution in [0.2, 0.25) is 0 Å². The minimum absolute atomic E-state index is 0.000213. The van der Waals surface area contributed by atoms with Crippen LogP contribution in [0.1, 0.15) is 16.7 Å². The Kier molecular flexibility index (Phi) is 7.45. The number of alkyl halides is 3. The lowest BCUT2D eigenvalue weighted by atomic mass is 10.2. The van der Waals surface area contributed by atoms with Crippen molar-refractivity contribution in [3.8, 4) is 5.75 Å². The van der Waals surface area contributed by atoms with Gasteiger partial charge in [0, 0.05) is 18.9 Å². The third kappa shape index (κ3) is 5.84. The second-order valence-corrected chi connectivity index (χ2v) is 9.18. The van der Waals surface area contributed by atoms with Gasteiger partial charge in [-0.3, -0.25) is 14.1 Å². The third-order valence-corrected chi connectivity index (χ3v) is 6.67. The number of hydrogen-bond donors (Lipinski definition) is 1. The number of carbonyl (C=O) groups is 1. The van der Waals surface area contributed by atoms with Gasteiger partial charge in [-0.1, -0.05) is 12.1 Å². The van der Waals surface area contributed by atoms with Crippen molar-refractivity contribution in [3.63, 3.8) is 0 Å². The zero-order chi connectivity index (χ0) is 24.9. The number of aromatic nitrogens is 1. The summed E-state index contributed by atoms with van der Waals surface area (Å²) in [5.41, 5.74) is -0.0428. The van der Waals surface area contributed by atoms with E-state index in [2.05, 4.69) is 10.3 Å². The fourth-order valence-electron chi connectivity index (χ4n) is 3.14. The maximum atomic E-state index is 13.6. The van der Waals surface area contributed by atoms with Gasteiger partial charge in [-0.05, 0) is 60.5 Å². The highest BCUT2D eigenvalue weighted by Crippen LogP contribution is 2.35. The molecule has 1 heterocycles. The molecule has 0 bridgehead atoms. The van der Waals surface area contributed by atoms with E-state index in [1.54, 1.807) is 25.1 Å². The molecule has 3 rings (SSSR count). The van der Waals surface area contributed by atoms with E-state index in [-0.39, 0.29) is 22.9 Å².